The summed E-state index contributed by atoms with van der Waals surface area (Å²) in [5.74, 6) is 0.700. The Morgan fingerprint density at radius 1 is 1.43 bits per heavy atom. The van der Waals surface area contributed by atoms with Gasteiger partial charge in [0, 0.05) is 24.4 Å². The third-order valence-electron chi connectivity index (χ3n) is 3.05. The van der Waals surface area contributed by atoms with E-state index < -0.39 is 0 Å². The molecule has 0 aliphatic rings. The SMILES string of the molecule is CNc1cnc(C(C)C)nc1C(=O)NCCc1cccs1. The molecule has 0 saturated heterocycles. The molecular formula is C15H20N4OS. The van der Waals surface area contributed by atoms with Crippen molar-refractivity contribution in [1.29, 1.82) is 0 Å². The number of carbonyl (C=O) groups excluding carboxylic acids is 1. The molecule has 0 radical (unpaired) electrons. The molecule has 5 nitrogen and oxygen atoms in total. The summed E-state index contributed by atoms with van der Waals surface area (Å²) in [5.41, 5.74) is 1.05. The molecule has 2 aromatic rings. The van der Waals surface area contributed by atoms with Crippen molar-refractivity contribution in [2.75, 3.05) is 18.9 Å². The summed E-state index contributed by atoms with van der Waals surface area (Å²) in [4.78, 5) is 22.2. The zero-order valence-corrected chi connectivity index (χ0v) is 13.3. The van der Waals surface area contributed by atoms with Gasteiger partial charge in [-0.15, -0.1) is 11.3 Å². The Kier molecular flexibility index (Phi) is 5.27. The number of hydrogen-bond donors (Lipinski definition) is 2. The zero-order chi connectivity index (χ0) is 15.2. The summed E-state index contributed by atoms with van der Waals surface area (Å²) in [5, 5.41) is 7.92. The van der Waals surface area contributed by atoms with E-state index in [0.29, 0.717) is 23.8 Å². The number of nitrogens with zero attached hydrogens (tertiary/aromatic N) is 2. The van der Waals surface area contributed by atoms with Crippen molar-refractivity contribution in [3.63, 3.8) is 0 Å². The monoisotopic (exact) mass is 304 g/mol. The molecule has 2 aromatic heterocycles. The molecule has 0 unspecified atom stereocenters. The number of anilines is 1. The number of amides is 1. The Morgan fingerprint density at radius 2 is 2.24 bits per heavy atom. The second-order valence-corrected chi connectivity index (χ2v) is 6.01. The Morgan fingerprint density at radius 3 is 2.86 bits per heavy atom. The molecular weight excluding hydrogens is 284 g/mol. The average molecular weight is 304 g/mol. The van der Waals surface area contributed by atoms with Gasteiger partial charge < -0.3 is 10.6 Å². The fraction of sp³-hybridized carbons (Fsp3) is 0.400. The van der Waals surface area contributed by atoms with Crippen LogP contribution in [0.25, 0.3) is 0 Å². The van der Waals surface area contributed by atoms with Gasteiger partial charge in [-0.05, 0) is 17.9 Å². The van der Waals surface area contributed by atoms with Crippen molar-refractivity contribution in [3.05, 3.63) is 40.1 Å². The molecule has 0 aliphatic heterocycles. The van der Waals surface area contributed by atoms with E-state index >= 15 is 0 Å². The molecule has 112 valence electrons. The Labute approximate surface area is 128 Å². The quantitative estimate of drug-likeness (QED) is 0.861. The van der Waals surface area contributed by atoms with E-state index in [0.717, 1.165) is 6.42 Å². The van der Waals surface area contributed by atoms with Crippen LogP contribution in [0.2, 0.25) is 0 Å². The van der Waals surface area contributed by atoms with Crippen molar-refractivity contribution < 1.29 is 4.79 Å². The molecule has 0 fully saturated rings. The average Bonchev–Trinajstić information content (AvgIpc) is 2.99. The minimum absolute atomic E-state index is 0.166. The van der Waals surface area contributed by atoms with Crippen LogP contribution in [-0.4, -0.2) is 29.5 Å². The molecule has 0 saturated carbocycles. The summed E-state index contributed by atoms with van der Waals surface area (Å²) in [6.07, 6.45) is 2.50. The first-order chi connectivity index (χ1) is 10.1. The highest BCUT2D eigenvalue weighted by molar-refractivity contribution is 7.09. The fourth-order valence-electron chi connectivity index (χ4n) is 1.87. The molecule has 2 rings (SSSR count). The van der Waals surface area contributed by atoms with Gasteiger partial charge in [0.15, 0.2) is 5.69 Å². The van der Waals surface area contributed by atoms with Gasteiger partial charge >= 0.3 is 0 Å². The van der Waals surface area contributed by atoms with Crippen LogP contribution in [0.15, 0.2) is 23.7 Å². The molecule has 0 atom stereocenters. The highest BCUT2D eigenvalue weighted by Gasteiger charge is 2.15. The summed E-state index contributed by atoms with van der Waals surface area (Å²) in [6, 6.07) is 4.08. The van der Waals surface area contributed by atoms with Crippen LogP contribution in [0.1, 0.15) is 41.0 Å². The topological polar surface area (TPSA) is 66.9 Å². The van der Waals surface area contributed by atoms with Crippen molar-refractivity contribution in [2.45, 2.75) is 26.2 Å². The lowest BCUT2D eigenvalue weighted by atomic mass is 10.2. The first kappa shape index (κ1) is 15.4. The third kappa shape index (κ3) is 4.01. The minimum Gasteiger partial charge on any atom is -0.385 e. The van der Waals surface area contributed by atoms with E-state index in [-0.39, 0.29) is 11.8 Å². The van der Waals surface area contributed by atoms with E-state index in [2.05, 4.69) is 26.7 Å². The van der Waals surface area contributed by atoms with Crippen molar-refractivity contribution in [3.8, 4) is 0 Å². The van der Waals surface area contributed by atoms with Gasteiger partial charge in [-0.1, -0.05) is 19.9 Å². The molecule has 0 bridgehead atoms. The van der Waals surface area contributed by atoms with Gasteiger partial charge in [0.2, 0.25) is 0 Å². The third-order valence-corrected chi connectivity index (χ3v) is 3.98. The van der Waals surface area contributed by atoms with Crippen molar-refractivity contribution in [2.24, 2.45) is 0 Å². The van der Waals surface area contributed by atoms with Gasteiger partial charge in [0.1, 0.15) is 5.82 Å². The van der Waals surface area contributed by atoms with Crippen LogP contribution < -0.4 is 10.6 Å². The second kappa shape index (κ2) is 7.17. The number of hydrogen-bond acceptors (Lipinski definition) is 5. The lowest BCUT2D eigenvalue weighted by Gasteiger charge is -2.11. The van der Waals surface area contributed by atoms with Crippen molar-refractivity contribution >= 4 is 22.9 Å². The number of nitrogens with one attached hydrogen (secondary N) is 2. The van der Waals surface area contributed by atoms with E-state index in [1.54, 1.807) is 24.6 Å². The highest BCUT2D eigenvalue weighted by atomic mass is 32.1. The summed E-state index contributed by atoms with van der Waals surface area (Å²) >= 11 is 1.70. The first-order valence-corrected chi connectivity index (χ1v) is 7.85. The molecule has 21 heavy (non-hydrogen) atoms. The highest BCUT2D eigenvalue weighted by Crippen LogP contribution is 2.16. The number of thiophene rings is 1. The van der Waals surface area contributed by atoms with Gasteiger partial charge in [-0.3, -0.25) is 4.79 Å². The fourth-order valence-corrected chi connectivity index (χ4v) is 2.58. The van der Waals surface area contributed by atoms with Crippen molar-refractivity contribution in [1.82, 2.24) is 15.3 Å². The predicted molar refractivity (Wildman–Crippen MR) is 86.0 cm³/mol. The maximum Gasteiger partial charge on any atom is 0.272 e. The number of rotatable bonds is 6. The largest absolute Gasteiger partial charge is 0.385 e. The van der Waals surface area contributed by atoms with E-state index in [4.69, 9.17) is 0 Å². The maximum atomic E-state index is 12.3. The smallest absolute Gasteiger partial charge is 0.272 e. The van der Waals surface area contributed by atoms with Gasteiger partial charge in [-0.2, -0.15) is 0 Å². The summed E-state index contributed by atoms with van der Waals surface area (Å²) in [7, 11) is 1.76. The van der Waals surface area contributed by atoms with Gasteiger partial charge in [0.25, 0.3) is 5.91 Å². The van der Waals surface area contributed by atoms with E-state index in [1.807, 2.05) is 25.3 Å². The summed E-state index contributed by atoms with van der Waals surface area (Å²) < 4.78 is 0. The lowest BCUT2D eigenvalue weighted by molar-refractivity contribution is 0.0949. The Hall–Kier alpha value is -1.95. The van der Waals surface area contributed by atoms with Gasteiger partial charge in [0.05, 0.1) is 11.9 Å². The van der Waals surface area contributed by atoms with Gasteiger partial charge in [-0.25, -0.2) is 9.97 Å². The molecule has 6 heteroatoms. The Bertz CT molecular complexity index is 596. The van der Waals surface area contributed by atoms with Crippen LogP contribution in [0, 0.1) is 0 Å². The van der Waals surface area contributed by atoms with Crippen LogP contribution in [0.5, 0.6) is 0 Å². The molecule has 0 aliphatic carbocycles. The molecule has 2 N–H and O–H groups in total. The van der Waals surface area contributed by atoms with Crippen LogP contribution >= 0.6 is 11.3 Å². The molecule has 0 aromatic carbocycles. The number of carbonyl (C=O) groups is 1. The van der Waals surface area contributed by atoms with Crippen LogP contribution in [0.4, 0.5) is 5.69 Å². The minimum atomic E-state index is -0.166. The zero-order valence-electron chi connectivity index (χ0n) is 12.5. The molecule has 2 heterocycles. The lowest BCUT2D eigenvalue weighted by Crippen LogP contribution is -2.28. The second-order valence-electron chi connectivity index (χ2n) is 4.98. The van der Waals surface area contributed by atoms with E-state index in [9.17, 15) is 4.79 Å². The molecule has 0 spiro atoms. The molecule has 1 amide bonds. The van der Waals surface area contributed by atoms with Crippen LogP contribution in [0.3, 0.4) is 0 Å². The normalized spacial score (nSPS) is 10.7. The first-order valence-electron chi connectivity index (χ1n) is 6.97. The maximum absolute atomic E-state index is 12.3. The summed E-state index contributed by atoms with van der Waals surface area (Å²) in [6.45, 7) is 4.61. The van der Waals surface area contributed by atoms with E-state index in [1.165, 1.54) is 4.88 Å². The number of aromatic nitrogens is 2. The Balaban J connectivity index is 2.04. The standard InChI is InChI=1S/C15H20N4OS/c1-10(2)14-18-9-12(16-3)13(19-14)15(20)17-7-6-11-5-4-8-21-11/h4-5,8-10,16H,6-7H2,1-3H3,(H,17,20). The predicted octanol–water partition coefficient (Wildman–Crippen LogP) is 2.68. The van der Waals surface area contributed by atoms with Crippen LogP contribution in [-0.2, 0) is 6.42 Å².